The van der Waals surface area contributed by atoms with E-state index in [1.165, 1.54) is 12.8 Å². The maximum Gasteiger partial charge on any atom is 0.0620 e. The van der Waals surface area contributed by atoms with E-state index < -0.39 is 5.21 Å². The topological polar surface area (TPSA) is 0 Å². The highest BCUT2D eigenvalue weighted by atomic mass is 14.1. The zero-order valence-corrected chi connectivity index (χ0v) is 8.77. The molecule has 0 rings (SSSR count). The van der Waals surface area contributed by atoms with E-state index in [1.54, 1.807) is 0 Å². The summed E-state index contributed by atoms with van der Waals surface area (Å²) in [4.78, 5) is 0. The van der Waals surface area contributed by atoms with Gasteiger partial charge in [0.15, 0.2) is 0 Å². The Labute approximate surface area is 80.3 Å². The molecule has 0 aliphatic carbocycles. The summed E-state index contributed by atoms with van der Waals surface area (Å²) < 4.78 is 0. The van der Waals surface area contributed by atoms with Crippen LogP contribution in [0.2, 0.25) is 5.21 Å². The Bertz CT molecular complexity index is 110. The molecule has 2 heteroatoms. The van der Waals surface area contributed by atoms with E-state index in [4.69, 9.17) is 15.7 Å². The highest BCUT2D eigenvalue weighted by Gasteiger charge is 2.18. The largest absolute Gasteiger partial charge is 0.0987 e. The molecule has 0 saturated carbocycles. The molecule has 0 amide bonds. The molecule has 0 saturated heterocycles. The maximum absolute atomic E-state index is 5.96. The van der Waals surface area contributed by atoms with Crippen LogP contribution in [0, 0.1) is 5.92 Å². The van der Waals surface area contributed by atoms with E-state index in [9.17, 15) is 0 Å². The summed E-state index contributed by atoms with van der Waals surface area (Å²) in [6.07, 6.45) is 5.39. The molecule has 0 aliphatic heterocycles. The fraction of sp³-hybridized carbons (Fsp3) is 1.00. The molecule has 0 heterocycles. The van der Waals surface area contributed by atoms with Crippen LogP contribution in [-0.2, 0) is 0 Å². The average molecular weight is 162 g/mol. The highest BCUT2D eigenvalue weighted by Crippen LogP contribution is 2.33. The van der Waals surface area contributed by atoms with Gasteiger partial charge in [-0.05, 0) is 5.92 Å². The van der Waals surface area contributed by atoms with Crippen LogP contribution in [0.25, 0.3) is 0 Å². The second-order valence-electron chi connectivity index (χ2n) is 4.05. The van der Waals surface area contributed by atoms with Gasteiger partial charge in [-0.25, -0.2) is 0 Å². The van der Waals surface area contributed by atoms with Crippen LogP contribution in [0.5, 0.6) is 0 Å². The fourth-order valence-corrected chi connectivity index (χ4v) is 1.40. The van der Waals surface area contributed by atoms with Crippen LogP contribution >= 0.6 is 0 Å². The predicted molar refractivity (Wildman–Crippen MR) is 57.8 cm³/mol. The van der Waals surface area contributed by atoms with Gasteiger partial charge in [-0.2, -0.15) is 0 Å². The summed E-state index contributed by atoms with van der Waals surface area (Å²) in [5.74, 6) is 0.650. The number of unbranched alkanes of at least 4 members (excludes halogenated alkanes) is 1. The molecule has 0 fully saturated rings. The van der Waals surface area contributed by atoms with Gasteiger partial charge in [0.05, 0.1) is 15.7 Å². The van der Waals surface area contributed by atoms with Gasteiger partial charge >= 0.3 is 0 Å². The molecule has 0 bridgehead atoms. The molecule has 0 aromatic heterocycles. The molecule has 0 aromatic carbocycles. The summed E-state index contributed by atoms with van der Waals surface area (Å²) in [7, 11) is 11.9. The van der Waals surface area contributed by atoms with Crippen molar-refractivity contribution in [1.29, 1.82) is 0 Å². The van der Waals surface area contributed by atoms with Crippen molar-refractivity contribution in [1.82, 2.24) is 0 Å². The van der Waals surface area contributed by atoms with Gasteiger partial charge < -0.3 is 0 Å². The SMILES string of the molecule is [B]C([B])(CCCC)CC(C)CC. The fourth-order valence-electron chi connectivity index (χ4n) is 1.40. The Hall–Kier alpha value is 0.130. The van der Waals surface area contributed by atoms with Crippen LogP contribution in [0.3, 0.4) is 0 Å². The van der Waals surface area contributed by atoms with Crippen molar-refractivity contribution in [3.05, 3.63) is 0 Å². The third-order valence-corrected chi connectivity index (χ3v) is 2.42. The van der Waals surface area contributed by atoms with E-state index >= 15 is 0 Å². The van der Waals surface area contributed by atoms with Gasteiger partial charge in [0, 0.05) is 0 Å². The Morgan fingerprint density at radius 1 is 1.25 bits per heavy atom. The first kappa shape index (κ1) is 12.1. The number of hydrogen-bond donors (Lipinski definition) is 0. The van der Waals surface area contributed by atoms with Crippen molar-refractivity contribution in [3.8, 4) is 0 Å². The molecule has 66 valence electrons. The zero-order valence-electron chi connectivity index (χ0n) is 8.77. The molecular weight excluding hydrogens is 142 g/mol. The summed E-state index contributed by atoms with van der Waals surface area (Å²) in [6, 6.07) is 0. The molecule has 0 N–H and O–H groups in total. The van der Waals surface area contributed by atoms with Gasteiger partial charge in [-0.3, -0.25) is 0 Å². The average Bonchev–Trinajstić information content (AvgIpc) is 2.00. The molecule has 0 nitrogen and oxygen atoms in total. The van der Waals surface area contributed by atoms with E-state index in [0.29, 0.717) is 5.92 Å². The van der Waals surface area contributed by atoms with Gasteiger partial charge in [0.2, 0.25) is 0 Å². The number of rotatable bonds is 6. The van der Waals surface area contributed by atoms with Crippen LogP contribution in [0.1, 0.15) is 52.9 Å². The van der Waals surface area contributed by atoms with Gasteiger partial charge in [-0.15, -0.1) is 0 Å². The minimum atomic E-state index is -0.425. The van der Waals surface area contributed by atoms with Crippen molar-refractivity contribution >= 4 is 15.7 Å². The van der Waals surface area contributed by atoms with Crippen LogP contribution in [0.4, 0.5) is 0 Å². The van der Waals surface area contributed by atoms with Gasteiger partial charge in [0.1, 0.15) is 0 Å². The van der Waals surface area contributed by atoms with Crippen LogP contribution < -0.4 is 0 Å². The molecule has 12 heavy (non-hydrogen) atoms. The van der Waals surface area contributed by atoms with E-state index in [-0.39, 0.29) is 0 Å². The first-order valence-electron chi connectivity index (χ1n) is 5.09. The van der Waals surface area contributed by atoms with E-state index in [1.807, 2.05) is 0 Å². The lowest BCUT2D eigenvalue weighted by atomic mass is 9.49. The summed E-state index contributed by atoms with van der Waals surface area (Å²) in [6.45, 7) is 6.56. The van der Waals surface area contributed by atoms with Gasteiger partial charge in [-0.1, -0.05) is 58.1 Å². The van der Waals surface area contributed by atoms with Crippen molar-refractivity contribution in [2.45, 2.75) is 58.1 Å². The van der Waals surface area contributed by atoms with Gasteiger partial charge in [0.25, 0.3) is 0 Å². The molecule has 1 atom stereocenters. The lowest BCUT2D eigenvalue weighted by molar-refractivity contribution is 0.450. The molecule has 4 radical (unpaired) electrons. The number of hydrogen-bond acceptors (Lipinski definition) is 0. The standard InChI is InChI=1S/C10H20B2/c1-4-6-7-10(11,12)8-9(3)5-2/h9H,4-8H2,1-3H3. The summed E-state index contributed by atoms with van der Waals surface area (Å²) in [5, 5.41) is -0.425. The van der Waals surface area contributed by atoms with Crippen LogP contribution in [-0.4, -0.2) is 15.7 Å². The lowest BCUT2D eigenvalue weighted by Crippen LogP contribution is -2.16. The van der Waals surface area contributed by atoms with Crippen molar-refractivity contribution < 1.29 is 0 Å². The Balaban J connectivity index is 3.69. The predicted octanol–water partition coefficient (Wildman–Crippen LogP) is 3.07. The minimum absolute atomic E-state index is 0.425. The van der Waals surface area contributed by atoms with Crippen molar-refractivity contribution in [2.24, 2.45) is 5.92 Å². The van der Waals surface area contributed by atoms with Crippen molar-refractivity contribution in [3.63, 3.8) is 0 Å². The Morgan fingerprint density at radius 3 is 2.25 bits per heavy atom. The van der Waals surface area contributed by atoms with E-state index in [2.05, 4.69) is 20.8 Å². The Morgan fingerprint density at radius 2 is 1.83 bits per heavy atom. The molecule has 0 aliphatic rings. The van der Waals surface area contributed by atoms with E-state index in [0.717, 1.165) is 19.3 Å². The zero-order chi connectivity index (χ0) is 9.61. The second-order valence-corrected chi connectivity index (χ2v) is 4.05. The molecule has 0 spiro atoms. The van der Waals surface area contributed by atoms with Crippen molar-refractivity contribution in [2.75, 3.05) is 0 Å². The first-order chi connectivity index (χ1) is 5.52. The molecule has 1 unspecified atom stereocenters. The minimum Gasteiger partial charge on any atom is -0.0987 e. The Kier molecular flexibility index (Phi) is 5.78. The molecular formula is C10H20B2. The quantitative estimate of drug-likeness (QED) is 0.526. The third kappa shape index (κ3) is 5.74. The highest BCUT2D eigenvalue weighted by molar-refractivity contribution is 6.39. The molecule has 0 aromatic rings. The smallest absolute Gasteiger partial charge is 0.0620 e. The lowest BCUT2D eigenvalue weighted by Gasteiger charge is -2.28. The first-order valence-corrected chi connectivity index (χ1v) is 5.09. The monoisotopic (exact) mass is 162 g/mol. The van der Waals surface area contributed by atoms with Crippen LogP contribution in [0.15, 0.2) is 0 Å². The second kappa shape index (κ2) is 5.72. The third-order valence-electron chi connectivity index (χ3n) is 2.42. The summed E-state index contributed by atoms with van der Waals surface area (Å²) >= 11 is 0. The summed E-state index contributed by atoms with van der Waals surface area (Å²) in [5.41, 5.74) is 0. The normalized spacial score (nSPS) is 14.6. The maximum atomic E-state index is 5.96.